The first-order chi connectivity index (χ1) is 25.9. The summed E-state index contributed by atoms with van der Waals surface area (Å²) in [4.78, 5) is 47.0. The molecule has 6 aromatic rings. The van der Waals surface area contributed by atoms with Crippen LogP contribution in [-0.4, -0.2) is 50.1 Å². The average Bonchev–Trinajstić information content (AvgIpc) is 3.95. The van der Waals surface area contributed by atoms with Gasteiger partial charge < -0.3 is 9.47 Å². The van der Waals surface area contributed by atoms with Crippen molar-refractivity contribution < 1.29 is 24.0 Å². The molecule has 11 nitrogen and oxygen atoms in total. The molecule has 2 aliphatic rings. The summed E-state index contributed by atoms with van der Waals surface area (Å²) in [5.74, 6) is -0.631. The third-order valence-electron chi connectivity index (χ3n) is 9.09. The Bertz CT molecular complexity index is 2450. The summed E-state index contributed by atoms with van der Waals surface area (Å²) in [7, 11) is 0. The van der Waals surface area contributed by atoms with Crippen LogP contribution >= 0.6 is 22.7 Å². The number of aromatic nitrogens is 4. The molecule has 0 spiro atoms. The van der Waals surface area contributed by atoms with E-state index in [9.17, 15) is 4.79 Å². The lowest BCUT2D eigenvalue weighted by atomic mass is 10.0. The van der Waals surface area contributed by atoms with Crippen LogP contribution in [0.2, 0.25) is 0 Å². The largest absolute Gasteiger partial charge is 0.434 e. The lowest BCUT2D eigenvalue weighted by Gasteiger charge is -2.08. The van der Waals surface area contributed by atoms with Crippen molar-refractivity contribution in [2.45, 2.75) is 33.5 Å². The molecule has 0 N–H and O–H groups in total. The number of rotatable bonds is 12. The second-order valence-electron chi connectivity index (χ2n) is 12.3. The number of imidazole rings is 2. The number of fused-ring (bicyclic) bond motifs is 6. The number of hydrogen-bond acceptors (Lipinski definition) is 11. The maximum Gasteiger partial charge on any atom is 0.361 e. The fourth-order valence-corrected chi connectivity index (χ4v) is 8.46. The minimum absolute atomic E-state index is 0.0679. The molecule has 4 aromatic heterocycles. The van der Waals surface area contributed by atoms with Crippen LogP contribution in [0.1, 0.15) is 69.3 Å². The number of carbonyl (C=O) groups excluding carboxylic acids is 1. The quantitative estimate of drug-likeness (QED) is 0.0410. The Balaban J connectivity index is 0.888. The van der Waals surface area contributed by atoms with E-state index in [-0.39, 0.29) is 32.4 Å². The fourth-order valence-electron chi connectivity index (χ4n) is 6.41. The van der Waals surface area contributed by atoms with E-state index in [0.717, 1.165) is 70.3 Å². The maximum absolute atomic E-state index is 13.2. The predicted molar refractivity (Wildman–Crippen MR) is 206 cm³/mol. The van der Waals surface area contributed by atoms with Gasteiger partial charge in [0.25, 0.3) is 0 Å². The number of benzene rings is 2. The molecule has 6 heterocycles. The normalized spacial score (nSPS) is 13.1. The molecule has 266 valence electrons. The zero-order valence-corrected chi connectivity index (χ0v) is 30.7. The van der Waals surface area contributed by atoms with E-state index in [1.165, 1.54) is 0 Å². The molecular formula is C40H34N6O5S2. The standard InChI is InChI=1S/C40H34N6O5S2/c1-5-26-15-31-38(52-26)35(28-13-9-7-11-24(28)3)41-17-33-30(43-20-45(31)33)19-50-51-23-48-22-49-40(47)37-34-18-42-36(29-14-10-8-12-25(29)4)39-32(46(34)21-44-37)16-27(6-2)53-39/h5-16,20-21H,1-2,17-19,22-23H2,3-4H3. The number of hydrogen-bond donors (Lipinski definition) is 0. The van der Waals surface area contributed by atoms with E-state index < -0.39 is 5.97 Å². The third kappa shape index (κ3) is 6.53. The van der Waals surface area contributed by atoms with Gasteiger partial charge in [0.2, 0.25) is 0 Å². The highest BCUT2D eigenvalue weighted by Crippen LogP contribution is 2.36. The van der Waals surface area contributed by atoms with Crippen molar-refractivity contribution in [2.24, 2.45) is 9.98 Å². The summed E-state index contributed by atoms with van der Waals surface area (Å²) in [6.07, 6.45) is 7.06. The van der Waals surface area contributed by atoms with Crippen molar-refractivity contribution >= 4 is 52.2 Å². The summed E-state index contributed by atoms with van der Waals surface area (Å²) < 4.78 is 14.8. The van der Waals surface area contributed by atoms with E-state index >= 15 is 0 Å². The van der Waals surface area contributed by atoms with Crippen molar-refractivity contribution in [1.82, 2.24) is 19.1 Å². The van der Waals surface area contributed by atoms with Crippen LogP contribution in [0.15, 0.2) is 96.5 Å². The highest BCUT2D eigenvalue weighted by atomic mass is 32.1. The first-order valence-corrected chi connectivity index (χ1v) is 18.4. The van der Waals surface area contributed by atoms with Gasteiger partial charge in [-0.1, -0.05) is 73.8 Å². The van der Waals surface area contributed by atoms with Gasteiger partial charge in [-0.25, -0.2) is 24.5 Å². The molecule has 0 bridgehead atoms. The van der Waals surface area contributed by atoms with Gasteiger partial charge in [-0.15, -0.1) is 22.7 Å². The predicted octanol–water partition coefficient (Wildman–Crippen LogP) is 8.02. The van der Waals surface area contributed by atoms with Gasteiger partial charge in [0.1, 0.15) is 12.9 Å². The molecule has 0 fully saturated rings. The van der Waals surface area contributed by atoms with Crippen LogP contribution in [0.25, 0.3) is 23.5 Å². The Hall–Kier alpha value is -5.57. The number of nitrogens with zero attached hydrogens (tertiary/aromatic N) is 6. The number of thiophene rings is 2. The van der Waals surface area contributed by atoms with Gasteiger partial charge in [-0.3, -0.25) is 19.1 Å². The minimum Gasteiger partial charge on any atom is -0.434 e. The molecule has 53 heavy (non-hydrogen) atoms. The molecule has 2 aliphatic heterocycles. The lowest BCUT2D eigenvalue weighted by Crippen LogP contribution is -2.13. The Morgan fingerprint density at radius 3 is 1.94 bits per heavy atom. The van der Waals surface area contributed by atoms with Crippen LogP contribution in [0.3, 0.4) is 0 Å². The van der Waals surface area contributed by atoms with Gasteiger partial charge in [0.15, 0.2) is 19.3 Å². The zero-order valence-electron chi connectivity index (χ0n) is 29.1. The Kier molecular flexibility index (Phi) is 9.65. The van der Waals surface area contributed by atoms with Crippen molar-refractivity contribution in [3.05, 3.63) is 151 Å². The Morgan fingerprint density at radius 2 is 1.34 bits per heavy atom. The lowest BCUT2D eigenvalue weighted by molar-refractivity contribution is -0.350. The van der Waals surface area contributed by atoms with E-state index in [2.05, 4.69) is 67.3 Å². The molecule has 0 unspecified atom stereocenters. The van der Waals surface area contributed by atoms with Crippen molar-refractivity contribution in [3.63, 3.8) is 0 Å². The van der Waals surface area contributed by atoms with Crippen LogP contribution in [-0.2, 0) is 38.9 Å². The highest BCUT2D eigenvalue weighted by Gasteiger charge is 2.28. The number of carbonyl (C=O) groups is 1. The topological polar surface area (TPSA) is 114 Å². The van der Waals surface area contributed by atoms with Gasteiger partial charge in [-0.2, -0.15) is 0 Å². The second-order valence-corrected chi connectivity index (χ2v) is 14.4. The first-order valence-electron chi connectivity index (χ1n) is 16.8. The summed E-state index contributed by atoms with van der Waals surface area (Å²) in [6, 6.07) is 20.5. The van der Waals surface area contributed by atoms with Gasteiger partial charge in [0, 0.05) is 20.9 Å². The van der Waals surface area contributed by atoms with Crippen LogP contribution in [0, 0.1) is 13.8 Å². The molecule has 8 rings (SSSR count). The average molecular weight is 743 g/mol. The summed E-state index contributed by atoms with van der Waals surface area (Å²) in [5, 5.41) is 0. The van der Waals surface area contributed by atoms with E-state index in [0.29, 0.717) is 17.9 Å². The van der Waals surface area contributed by atoms with Crippen molar-refractivity contribution in [3.8, 4) is 11.4 Å². The molecular weight excluding hydrogens is 709 g/mol. The molecule has 0 radical (unpaired) electrons. The molecule has 0 saturated carbocycles. The van der Waals surface area contributed by atoms with E-state index in [1.54, 1.807) is 35.3 Å². The summed E-state index contributed by atoms with van der Waals surface area (Å²) in [6.45, 7) is 12.2. The highest BCUT2D eigenvalue weighted by molar-refractivity contribution is 7.16. The van der Waals surface area contributed by atoms with Gasteiger partial charge in [0.05, 0.1) is 69.1 Å². The number of aliphatic imine (C=N–C) groups is 2. The first kappa shape index (κ1) is 34.5. The van der Waals surface area contributed by atoms with Crippen LogP contribution < -0.4 is 0 Å². The van der Waals surface area contributed by atoms with Crippen LogP contribution in [0.4, 0.5) is 0 Å². The third-order valence-corrected chi connectivity index (χ3v) is 11.3. The van der Waals surface area contributed by atoms with Crippen molar-refractivity contribution in [2.75, 3.05) is 13.6 Å². The summed E-state index contributed by atoms with van der Waals surface area (Å²) >= 11 is 3.25. The SMILES string of the molecule is C=Cc1cc2c(s1)C(c1ccccc1C)=NCc1c(COOCOCOC(=O)c3ncn4c3CN=C(c3ccccc3C)c3sc(C=C)cc3-4)ncn1-2. The number of aryl methyl sites for hydroxylation is 2. The van der Waals surface area contributed by atoms with Gasteiger partial charge in [-0.05, 0) is 37.1 Å². The van der Waals surface area contributed by atoms with Gasteiger partial charge >= 0.3 is 5.97 Å². The van der Waals surface area contributed by atoms with Crippen molar-refractivity contribution in [1.29, 1.82) is 0 Å². The summed E-state index contributed by atoms with van der Waals surface area (Å²) in [5.41, 5.74) is 10.4. The molecule has 0 aliphatic carbocycles. The Labute approximate surface area is 313 Å². The second kappa shape index (κ2) is 14.8. The molecule has 0 amide bonds. The monoisotopic (exact) mass is 742 g/mol. The maximum atomic E-state index is 13.2. The number of esters is 1. The Morgan fingerprint density at radius 1 is 0.774 bits per heavy atom. The molecule has 2 aromatic carbocycles. The van der Waals surface area contributed by atoms with E-state index in [4.69, 9.17) is 29.2 Å². The molecule has 13 heteroatoms. The minimum atomic E-state index is -0.631. The molecule has 0 atom stereocenters. The number of ether oxygens (including phenoxy) is 2. The smallest absolute Gasteiger partial charge is 0.361 e. The van der Waals surface area contributed by atoms with Crippen LogP contribution in [0.5, 0.6) is 0 Å². The van der Waals surface area contributed by atoms with E-state index in [1.807, 2.05) is 51.6 Å². The zero-order chi connectivity index (χ0) is 36.5. The fraction of sp³-hybridized carbons (Fsp3) is 0.175. The molecule has 0 saturated heterocycles.